The molecule has 24 heavy (non-hydrogen) atoms. The first kappa shape index (κ1) is 16.6. The fraction of sp³-hybridized carbons (Fsp3) is 0.500. The van der Waals surface area contributed by atoms with Gasteiger partial charge in [-0.2, -0.15) is 0 Å². The van der Waals surface area contributed by atoms with Crippen LogP contribution in [0.15, 0.2) is 18.2 Å². The summed E-state index contributed by atoms with van der Waals surface area (Å²) in [6.07, 6.45) is 1.17. The predicted molar refractivity (Wildman–Crippen MR) is 86.0 cm³/mol. The number of aromatic nitrogens is 2. The summed E-state index contributed by atoms with van der Waals surface area (Å²) >= 11 is 0. The summed E-state index contributed by atoms with van der Waals surface area (Å²) in [6, 6.07) is 4.34. The first-order valence-corrected chi connectivity index (χ1v) is 8.03. The number of carbonyl (C=O) groups is 1. The second kappa shape index (κ2) is 7.12. The highest BCUT2D eigenvalue weighted by atomic mass is 19.3. The Morgan fingerprint density at radius 3 is 2.92 bits per heavy atom. The smallest absolute Gasteiger partial charge is 0.319 e. The van der Waals surface area contributed by atoms with Crippen LogP contribution < -0.4 is 10.6 Å². The summed E-state index contributed by atoms with van der Waals surface area (Å²) in [6.45, 7) is 0.0570. The molecule has 1 aromatic carbocycles. The number of nitrogens with one attached hydrogen (secondary N) is 3. The van der Waals surface area contributed by atoms with Gasteiger partial charge in [0.15, 0.2) is 5.82 Å². The van der Waals surface area contributed by atoms with E-state index in [1.54, 1.807) is 18.2 Å². The molecule has 0 saturated heterocycles. The molecule has 1 aromatic heterocycles. The van der Waals surface area contributed by atoms with Gasteiger partial charge in [0.1, 0.15) is 0 Å². The van der Waals surface area contributed by atoms with Gasteiger partial charge < -0.3 is 20.7 Å². The zero-order valence-corrected chi connectivity index (χ0v) is 13.1. The summed E-state index contributed by atoms with van der Waals surface area (Å²) in [7, 11) is 0. The third-order valence-electron chi connectivity index (χ3n) is 4.42. The number of amides is 2. The largest absolute Gasteiger partial charge is 0.396 e. The van der Waals surface area contributed by atoms with E-state index in [0.29, 0.717) is 16.7 Å². The van der Waals surface area contributed by atoms with E-state index in [-0.39, 0.29) is 30.4 Å². The highest BCUT2D eigenvalue weighted by molar-refractivity contribution is 5.92. The van der Waals surface area contributed by atoms with Crippen molar-refractivity contribution in [1.82, 2.24) is 15.3 Å². The number of aliphatic hydroxyl groups excluding tert-OH is 1. The number of hydrogen-bond donors (Lipinski definition) is 4. The van der Waals surface area contributed by atoms with Crippen molar-refractivity contribution in [3.8, 4) is 0 Å². The van der Waals surface area contributed by atoms with E-state index < -0.39 is 6.43 Å². The molecule has 130 valence electrons. The lowest BCUT2D eigenvalue weighted by Crippen LogP contribution is -2.45. The van der Waals surface area contributed by atoms with E-state index >= 15 is 0 Å². The van der Waals surface area contributed by atoms with Gasteiger partial charge in [0.2, 0.25) is 0 Å². The lowest BCUT2D eigenvalue weighted by atomic mass is 9.85. The topological polar surface area (TPSA) is 90.0 Å². The maximum Gasteiger partial charge on any atom is 0.319 e. The van der Waals surface area contributed by atoms with Crippen LogP contribution in [0.3, 0.4) is 0 Å². The van der Waals surface area contributed by atoms with Crippen LogP contribution in [0.1, 0.15) is 37.9 Å². The average Bonchev–Trinajstić information content (AvgIpc) is 2.99. The van der Waals surface area contributed by atoms with Crippen LogP contribution in [-0.2, 0) is 0 Å². The van der Waals surface area contributed by atoms with Crippen molar-refractivity contribution in [2.75, 3.05) is 11.9 Å². The number of hydrogen-bond acceptors (Lipinski definition) is 3. The molecule has 1 aliphatic rings. The molecule has 1 heterocycles. The number of H-pyrrole nitrogens is 1. The molecule has 0 radical (unpaired) electrons. The Bertz CT molecular complexity index is 719. The molecule has 2 unspecified atom stereocenters. The Kier molecular flexibility index (Phi) is 4.94. The van der Waals surface area contributed by atoms with E-state index in [1.807, 2.05) is 0 Å². The van der Waals surface area contributed by atoms with E-state index in [9.17, 15) is 18.7 Å². The molecule has 0 aliphatic heterocycles. The number of nitrogens with zero attached hydrogens (tertiary/aromatic N) is 1. The van der Waals surface area contributed by atoms with Crippen LogP contribution in [0.4, 0.5) is 19.3 Å². The molecular formula is C16H20F2N4O2. The van der Waals surface area contributed by atoms with Crippen LogP contribution in [0, 0.1) is 5.92 Å². The van der Waals surface area contributed by atoms with Crippen molar-refractivity contribution in [3.05, 3.63) is 24.0 Å². The van der Waals surface area contributed by atoms with Crippen molar-refractivity contribution in [1.29, 1.82) is 0 Å². The number of urea groups is 1. The summed E-state index contributed by atoms with van der Waals surface area (Å²) in [5.74, 6) is -0.312. The van der Waals surface area contributed by atoms with Gasteiger partial charge in [0, 0.05) is 24.3 Å². The summed E-state index contributed by atoms with van der Waals surface area (Å²) in [4.78, 5) is 18.5. The Balaban J connectivity index is 1.66. The standard InChI is InChI=1S/C16H20F2N4O2/c17-14(18)15-20-12-6-5-10(7-13(12)21-15)19-16(24)22-11-4-2-1-3-9(11)8-23/h5-7,9,11,14,23H,1-4,8H2,(H,20,21)(H2,19,22,24). The molecule has 1 aliphatic carbocycles. The van der Waals surface area contributed by atoms with Crippen molar-refractivity contribution in [2.24, 2.45) is 5.92 Å². The van der Waals surface area contributed by atoms with E-state index in [4.69, 9.17) is 0 Å². The molecule has 2 atom stereocenters. The number of benzene rings is 1. The van der Waals surface area contributed by atoms with Crippen LogP contribution in [-0.4, -0.2) is 33.8 Å². The van der Waals surface area contributed by atoms with E-state index in [1.165, 1.54) is 0 Å². The predicted octanol–water partition coefficient (Wildman–Crippen LogP) is 3.17. The fourth-order valence-corrected chi connectivity index (χ4v) is 3.16. The number of carbonyl (C=O) groups excluding carboxylic acids is 1. The normalized spacial score (nSPS) is 21.2. The number of halogens is 2. The van der Waals surface area contributed by atoms with Crippen LogP contribution in [0.5, 0.6) is 0 Å². The number of imidazole rings is 1. The summed E-state index contributed by atoms with van der Waals surface area (Å²) in [5, 5.41) is 15.0. The SMILES string of the molecule is O=C(Nc1ccc2nc(C(F)F)[nH]c2c1)NC1CCCCC1CO. The molecule has 6 nitrogen and oxygen atoms in total. The molecule has 3 rings (SSSR count). The third-order valence-corrected chi connectivity index (χ3v) is 4.42. The van der Waals surface area contributed by atoms with Gasteiger partial charge in [0.05, 0.1) is 11.0 Å². The Hall–Kier alpha value is -2.22. The molecule has 4 N–H and O–H groups in total. The molecule has 8 heteroatoms. The van der Waals surface area contributed by atoms with Gasteiger partial charge in [-0.25, -0.2) is 18.6 Å². The van der Waals surface area contributed by atoms with Crippen LogP contribution in [0.2, 0.25) is 0 Å². The number of alkyl halides is 2. The van der Waals surface area contributed by atoms with Gasteiger partial charge in [-0.1, -0.05) is 12.8 Å². The zero-order chi connectivity index (χ0) is 17.1. The second-order valence-corrected chi connectivity index (χ2v) is 6.09. The molecule has 1 fully saturated rings. The molecule has 1 saturated carbocycles. The molecular weight excluding hydrogens is 318 g/mol. The highest BCUT2D eigenvalue weighted by Gasteiger charge is 2.25. The number of fused-ring (bicyclic) bond motifs is 1. The number of aromatic amines is 1. The van der Waals surface area contributed by atoms with Gasteiger partial charge in [-0.15, -0.1) is 0 Å². The molecule has 2 amide bonds. The summed E-state index contributed by atoms with van der Waals surface area (Å²) in [5.41, 5.74) is 1.35. The third kappa shape index (κ3) is 3.64. The Morgan fingerprint density at radius 2 is 2.17 bits per heavy atom. The van der Waals surface area contributed by atoms with Crippen LogP contribution in [0.25, 0.3) is 11.0 Å². The Morgan fingerprint density at radius 1 is 1.38 bits per heavy atom. The average molecular weight is 338 g/mol. The fourth-order valence-electron chi connectivity index (χ4n) is 3.16. The first-order chi connectivity index (χ1) is 11.6. The maximum atomic E-state index is 12.7. The van der Waals surface area contributed by atoms with Crippen molar-refractivity contribution in [3.63, 3.8) is 0 Å². The maximum absolute atomic E-state index is 12.7. The minimum atomic E-state index is -2.67. The van der Waals surface area contributed by atoms with Gasteiger partial charge >= 0.3 is 6.03 Å². The van der Waals surface area contributed by atoms with E-state index in [0.717, 1.165) is 25.7 Å². The lowest BCUT2D eigenvalue weighted by Gasteiger charge is -2.30. The van der Waals surface area contributed by atoms with Gasteiger partial charge in [-0.3, -0.25) is 0 Å². The zero-order valence-electron chi connectivity index (χ0n) is 13.1. The van der Waals surface area contributed by atoms with Gasteiger partial charge in [-0.05, 0) is 31.0 Å². The Labute approximate surface area is 137 Å². The second-order valence-electron chi connectivity index (χ2n) is 6.09. The van der Waals surface area contributed by atoms with E-state index in [2.05, 4.69) is 20.6 Å². The highest BCUT2D eigenvalue weighted by Crippen LogP contribution is 2.25. The number of anilines is 1. The number of rotatable bonds is 4. The van der Waals surface area contributed by atoms with Crippen molar-refractivity contribution >= 4 is 22.8 Å². The quantitative estimate of drug-likeness (QED) is 0.690. The minimum Gasteiger partial charge on any atom is -0.396 e. The summed E-state index contributed by atoms with van der Waals surface area (Å²) < 4.78 is 25.3. The number of aliphatic hydroxyl groups is 1. The van der Waals surface area contributed by atoms with Crippen molar-refractivity contribution < 1.29 is 18.7 Å². The molecule has 0 bridgehead atoms. The van der Waals surface area contributed by atoms with Crippen LogP contribution >= 0.6 is 0 Å². The monoisotopic (exact) mass is 338 g/mol. The molecule has 0 spiro atoms. The lowest BCUT2D eigenvalue weighted by molar-refractivity contribution is 0.142. The first-order valence-electron chi connectivity index (χ1n) is 8.03. The minimum absolute atomic E-state index is 0.0509. The molecule has 2 aromatic rings. The van der Waals surface area contributed by atoms with Crippen molar-refractivity contribution in [2.45, 2.75) is 38.2 Å². The van der Waals surface area contributed by atoms with Gasteiger partial charge in [0.25, 0.3) is 6.43 Å².